The monoisotopic (exact) mass is 285 g/mol. The highest BCUT2D eigenvalue weighted by Crippen LogP contribution is 2.09. The summed E-state index contributed by atoms with van der Waals surface area (Å²) in [5, 5.41) is 16.2. The van der Waals surface area contributed by atoms with Crippen molar-refractivity contribution in [3.8, 4) is 0 Å². The van der Waals surface area contributed by atoms with Crippen LogP contribution in [0.3, 0.4) is 0 Å². The zero-order chi connectivity index (χ0) is 14.3. The summed E-state index contributed by atoms with van der Waals surface area (Å²) < 4.78 is 0. The van der Waals surface area contributed by atoms with Gasteiger partial charge in [-0.25, -0.2) is 9.78 Å². The zero-order valence-corrected chi connectivity index (χ0v) is 11.9. The second-order valence-corrected chi connectivity index (χ2v) is 5.27. The Bertz CT molecular complexity index is 406. The Labute approximate surface area is 116 Å². The number of hydrogen-bond acceptors (Lipinski definition) is 4. The van der Waals surface area contributed by atoms with E-state index < -0.39 is 11.9 Å². The molecule has 1 aromatic heterocycles. The Morgan fingerprint density at radius 2 is 2.16 bits per heavy atom. The average Bonchev–Trinajstić information content (AvgIpc) is 2.81. The predicted molar refractivity (Wildman–Crippen MR) is 73.2 cm³/mol. The normalized spacial score (nSPS) is 12.2. The minimum atomic E-state index is -0.891. The van der Waals surface area contributed by atoms with Crippen LogP contribution in [0.5, 0.6) is 0 Å². The van der Waals surface area contributed by atoms with Crippen LogP contribution in [0.4, 0.5) is 4.79 Å². The fourth-order valence-electron chi connectivity index (χ4n) is 1.54. The number of carboxylic acids is 1. The topological polar surface area (TPSA) is 91.3 Å². The van der Waals surface area contributed by atoms with Gasteiger partial charge in [-0.15, -0.1) is 11.3 Å². The molecule has 106 valence electrons. The largest absolute Gasteiger partial charge is 0.481 e. The van der Waals surface area contributed by atoms with Crippen molar-refractivity contribution in [1.82, 2.24) is 15.6 Å². The third kappa shape index (κ3) is 5.69. The lowest BCUT2D eigenvalue weighted by molar-refractivity contribution is -0.142. The molecule has 0 aliphatic heterocycles. The number of carbonyl (C=O) groups excluding carboxylic acids is 1. The molecule has 0 radical (unpaired) electrons. The molecule has 0 aliphatic rings. The van der Waals surface area contributed by atoms with Crippen molar-refractivity contribution < 1.29 is 14.7 Å². The molecule has 0 aromatic carbocycles. The number of thiazole rings is 1. The molecule has 19 heavy (non-hydrogen) atoms. The summed E-state index contributed by atoms with van der Waals surface area (Å²) in [5.74, 6) is -1.48. The fourth-order valence-corrected chi connectivity index (χ4v) is 2.13. The minimum Gasteiger partial charge on any atom is -0.481 e. The second kappa shape index (κ2) is 7.73. The van der Waals surface area contributed by atoms with Crippen molar-refractivity contribution in [3.05, 3.63) is 16.6 Å². The summed E-state index contributed by atoms with van der Waals surface area (Å²) in [5.41, 5.74) is 2.69. The highest BCUT2D eigenvalue weighted by molar-refractivity contribution is 7.07. The van der Waals surface area contributed by atoms with E-state index in [1.165, 1.54) is 11.3 Å². The summed E-state index contributed by atoms with van der Waals surface area (Å²) in [6.45, 7) is 4.26. The van der Waals surface area contributed by atoms with E-state index in [9.17, 15) is 9.59 Å². The summed E-state index contributed by atoms with van der Waals surface area (Å²) in [7, 11) is 0. The van der Waals surface area contributed by atoms with Crippen LogP contribution in [0.15, 0.2) is 10.9 Å². The Hall–Kier alpha value is -1.63. The van der Waals surface area contributed by atoms with Gasteiger partial charge in [-0.2, -0.15) is 0 Å². The molecule has 1 unspecified atom stereocenters. The highest BCUT2D eigenvalue weighted by Gasteiger charge is 2.21. The molecule has 1 heterocycles. The number of rotatable bonds is 7. The molecular weight excluding hydrogens is 266 g/mol. The number of nitrogens with zero attached hydrogens (tertiary/aromatic N) is 1. The molecule has 2 amide bonds. The summed E-state index contributed by atoms with van der Waals surface area (Å²) in [4.78, 5) is 26.5. The molecule has 0 saturated heterocycles. The summed E-state index contributed by atoms with van der Waals surface area (Å²) in [6, 6.07) is -0.345. The number of aliphatic carboxylic acids is 1. The van der Waals surface area contributed by atoms with Crippen LogP contribution in [0, 0.1) is 11.8 Å². The first-order valence-corrected chi connectivity index (χ1v) is 7.06. The van der Waals surface area contributed by atoms with E-state index in [1.54, 1.807) is 5.51 Å². The van der Waals surface area contributed by atoms with Gasteiger partial charge < -0.3 is 15.7 Å². The standard InChI is InChI=1S/C12H19N3O3S/c1-8(2)10(11(16)17)5-14-12(18)13-4-3-9-6-19-7-15-9/h6-8,10H,3-5H2,1-2H3,(H,16,17)(H2,13,14,18). The van der Waals surface area contributed by atoms with Crippen LogP contribution in [0.2, 0.25) is 0 Å². The number of carboxylic acid groups (broad SMARTS) is 1. The maximum atomic E-state index is 11.5. The quantitative estimate of drug-likeness (QED) is 0.705. The molecule has 0 aliphatic carbocycles. The minimum absolute atomic E-state index is 0.0205. The van der Waals surface area contributed by atoms with Crippen LogP contribution < -0.4 is 10.6 Å². The highest BCUT2D eigenvalue weighted by atomic mass is 32.1. The third-order valence-electron chi connectivity index (χ3n) is 2.75. The maximum absolute atomic E-state index is 11.5. The van der Waals surface area contributed by atoms with E-state index in [4.69, 9.17) is 5.11 Å². The van der Waals surface area contributed by atoms with Gasteiger partial charge in [-0.05, 0) is 5.92 Å². The van der Waals surface area contributed by atoms with E-state index in [0.717, 1.165) is 5.69 Å². The molecule has 6 nitrogen and oxygen atoms in total. The molecule has 0 spiro atoms. The Balaban J connectivity index is 2.22. The fraction of sp³-hybridized carbons (Fsp3) is 0.583. The van der Waals surface area contributed by atoms with Gasteiger partial charge in [0.25, 0.3) is 0 Å². The molecule has 3 N–H and O–H groups in total. The van der Waals surface area contributed by atoms with Crippen molar-refractivity contribution in [2.45, 2.75) is 20.3 Å². The smallest absolute Gasteiger partial charge is 0.314 e. The Kier molecular flexibility index (Phi) is 6.27. The lowest BCUT2D eigenvalue weighted by atomic mass is 9.96. The van der Waals surface area contributed by atoms with Crippen LogP contribution in [0.25, 0.3) is 0 Å². The lowest BCUT2D eigenvalue weighted by Crippen LogP contribution is -2.41. The number of nitrogens with one attached hydrogen (secondary N) is 2. The van der Waals surface area contributed by atoms with Crippen LogP contribution >= 0.6 is 11.3 Å². The van der Waals surface area contributed by atoms with Crippen molar-refractivity contribution in [2.24, 2.45) is 11.8 Å². The van der Waals surface area contributed by atoms with Gasteiger partial charge in [-0.3, -0.25) is 4.79 Å². The van der Waals surface area contributed by atoms with Gasteiger partial charge in [0.1, 0.15) is 0 Å². The first-order valence-electron chi connectivity index (χ1n) is 6.12. The third-order valence-corrected chi connectivity index (χ3v) is 3.39. The molecule has 7 heteroatoms. The Morgan fingerprint density at radius 3 is 2.68 bits per heavy atom. The summed E-state index contributed by atoms with van der Waals surface area (Å²) in [6.07, 6.45) is 0.670. The van der Waals surface area contributed by atoms with Gasteiger partial charge in [0.2, 0.25) is 0 Å². The van der Waals surface area contributed by atoms with Crippen LogP contribution in [0.1, 0.15) is 19.5 Å². The van der Waals surface area contributed by atoms with Crippen molar-refractivity contribution in [2.75, 3.05) is 13.1 Å². The van der Waals surface area contributed by atoms with E-state index in [1.807, 2.05) is 19.2 Å². The number of aromatic nitrogens is 1. The maximum Gasteiger partial charge on any atom is 0.314 e. The predicted octanol–water partition coefficient (Wildman–Crippen LogP) is 1.34. The molecular formula is C12H19N3O3S. The van der Waals surface area contributed by atoms with Gasteiger partial charge in [-0.1, -0.05) is 13.8 Å². The lowest BCUT2D eigenvalue weighted by Gasteiger charge is -2.16. The van der Waals surface area contributed by atoms with E-state index in [-0.39, 0.29) is 18.5 Å². The second-order valence-electron chi connectivity index (χ2n) is 4.56. The first-order chi connectivity index (χ1) is 9.00. The van der Waals surface area contributed by atoms with Crippen molar-refractivity contribution in [1.29, 1.82) is 0 Å². The number of hydrogen-bond donors (Lipinski definition) is 3. The van der Waals surface area contributed by atoms with Crippen LogP contribution in [-0.2, 0) is 11.2 Å². The van der Waals surface area contributed by atoms with Crippen molar-refractivity contribution in [3.63, 3.8) is 0 Å². The van der Waals surface area contributed by atoms with Gasteiger partial charge in [0.05, 0.1) is 17.1 Å². The van der Waals surface area contributed by atoms with Gasteiger partial charge >= 0.3 is 12.0 Å². The molecule has 0 bridgehead atoms. The SMILES string of the molecule is CC(C)C(CNC(=O)NCCc1cscn1)C(=O)O. The molecule has 0 saturated carbocycles. The molecule has 0 fully saturated rings. The van der Waals surface area contributed by atoms with E-state index >= 15 is 0 Å². The average molecular weight is 285 g/mol. The Morgan fingerprint density at radius 1 is 1.42 bits per heavy atom. The number of urea groups is 1. The van der Waals surface area contributed by atoms with Gasteiger partial charge in [0, 0.05) is 24.9 Å². The first kappa shape index (κ1) is 15.4. The molecule has 1 rings (SSSR count). The molecule has 1 aromatic rings. The number of amides is 2. The summed E-state index contributed by atoms with van der Waals surface area (Å²) >= 11 is 1.51. The van der Waals surface area contributed by atoms with Gasteiger partial charge in [0.15, 0.2) is 0 Å². The van der Waals surface area contributed by atoms with E-state index in [0.29, 0.717) is 13.0 Å². The van der Waals surface area contributed by atoms with Crippen molar-refractivity contribution >= 4 is 23.3 Å². The van der Waals surface area contributed by atoms with Crippen LogP contribution in [-0.4, -0.2) is 35.2 Å². The zero-order valence-electron chi connectivity index (χ0n) is 11.0. The van der Waals surface area contributed by atoms with E-state index in [2.05, 4.69) is 15.6 Å². The number of carbonyl (C=O) groups is 2. The molecule has 1 atom stereocenters.